The minimum absolute atomic E-state index is 0.0227. The van der Waals surface area contributed by atoms with E-state index in [-0.39, 0.29) is 41.7 Å². The largest absolute Gasteiger partial charge is 0.454 e. The Hall–Kier alpha value is -4.55. The number of sulfonamides is 1. The minimum atomic E-state index is -4.57. The van der Waals surface area contributed by atoms with Crippen molar-refractivity contribution in [3.05, 3.63) is 64.0 Å². The normalized spacial score (nSPS) is 17.7. The zero-order chi connectivity index (χ0) is 40.1. The maximum atomic E-state index is 15.4. The molecule has 2 N–H and O–H groups in total. The number of aryl methyl sites for hydroxylation is 1. The molecule has 6 rings (SSSR count). The lowest BCUT2D eigenvalue weighted by molar-refractivity contribution is -0.197. The molecule has 1 fully saturated rings. The zero-order valence-electron chi connectivity index (χ0n) is 33.5. The first-order chi connectivity index (χ1) is 25.9. The van der Waals surface area contributed by atoms with Gasteiger partial charge < -0.3 is 20.0 Å². The van der Waals surface area contributed by atoms with Gasteiger partial charge in [-0.05, 0) is 99.1 Å². The number of nitrogens with zero attached hydrogens (tertiary/aromatic N) is 2. The number of anilines is 1. The maximum absolute atomic E-state index is 15.4. The first-order valence-corrected chi connectivity index (χ1v) is 20.9. The van der Waals surface area contributed by atoms with Gasteiger partial charge in [-0.2, -0.15) is 4.31 Å². The molecule has 1 saturated heterocycles. The fourth-order valence-corrected chi connectivity index (χ4v) is 10.1. The Kier molecular flexibility index (Phi) is 11.1. The number of benzene rings is 3. The second kappa shape index (κ2) is 15.2. The van der Waals surface area contributed by atoms with Gasteiger partial charge in [0.1, 0.15) is 17.2 Å². The molecule has 0 radical (unpaired) electrons. The number of nitrogens with one attached hydrogen (secondary N) is 2. The molecule has 0 bridgehead atoms. The van der Waals surface area contributed by atoms with Gasteiger partial charge in [0.2, 0.25) is 10.0 Å². The molecule has 0 spiro atoms. The van der Waals surface area contributed by atoms with Crippen LogP contribution in [0.15, 0.2) is 45.7 Å². The third-order valence-corrected chi connectivity index (χ3v) is 12.9. The standard InChI is InChI=1S/C43H54N4O7S/c1-10-11-18-46(23-36(50)54-47-34(48)16-17-35(47)49)55(51,52)42-39-31(27(6)22-43(8,9)45-39)21-33-37(29-15-13-12-14-25(29)4)32-20-30(26(5)19-24(2)3)38(44)28(7)40(32)53-41(33)42/h12-15,20-21,24,26-27,44-45H,10-11,16-19,22-23H2,1-9H3. The van der Waals surface area contributed by atoms with Gasteiger partial charge in [0.15, 0.2) is 5.58 Å². The molecule has 12 heteroatoms. The second-order valence-electron chi connectivity index (χ2n) is 16.6. The number of carbonyl (C=O) groups excluding carboxylic acids is 3. The van der Waals surface area contributed by atoms with Gasteiger partial charge in [-0.1, -0.05) is 65.3 Å². The number of hydrogen-bond donors (Lipinski definition) is 2. The average molecular weight is 771 g/mol. The van der Waals surface area contributed by atoms with Crippen LogP contribution in [0.5, 0.6) is 0 Å². The fraction of sp³-hybridized carbons (Fsp3) is 0.488. The molecule has 1 aliphatic carbocycles. The molecular formula is C43H54N4O7S. The number of carbonyl (C=O) groups is 3. The Morgan fingerprint density at radius 3 is 2.40 bits per heavy atom. The number of hydrogen-bond acceptors (Lipinski definition) is 9. The van der Waals surface area contributed by atoms with Crippen LogP contribution in [-0.2, 0) is 29.2 Å². The smallest absolute Gasteiger partial charge is 0.348 e. The molecule has 4 aliphatic rings. The number of imide groups is 1. The van der Waals surface area contributed by atoms with Crippen molar-refractivity contribution >= 4 is 44.5 Å². The molecule has 3 heterocycles. The van der Waals surface area contributed by atoms with Crippen molar-refractivity contribution in [2.75, 3.05) is 18.4 Å². The number of rotatable bonds is 12. The highest BCUT2D eigenvalue weighted by Gasteiger charge is 2.41. The molecule has 55 heavy (non-hydrogen) atoms. The van der Waals surface area contributed by atoms with Crippen LogP contribution in [0.3, 0.4) is 0 Å². The van der Waals surface area contributed by atoms with E-state index in [4.69, 9.17) is 9.25 Å². The summed E-state index contributed by atoms with van der Waals surface area (Å²) in [5.74, 6) is -1.45. The quantitative estimate of drug-likeness (QED) is 0.108. The van der Waals surface area contributed by atoms with E-state index in [1.807, 2.05) is 58.9 Å². The number of hydroxylamine groups is 2. The van der Waals surface area contributed by atoms with E-state index in [1.54, 1.807) is 0 Å². The molecular weight excluding hydrogens is 717 g/mol. The highest BCUT2D eigenvalue weighted by Crippen LogP contribution is 2.51. The fourth-order valence-electron chi connectivity index (χ4n) is 8.41. The summed E-state index contributed by atoms with van der Waals surface area (Å²) in [5.41, 5.74) is 5.88. The first-order valence-electron chi connectivity index (χ1n) is 19.4. The molecule has 0 aromatic heterocycles. The van der Waals surface area contributed by atoms with Crippen molar-refractivity contribution in [3.8, 4) is 22.5 Å². The topological polar surface area (TPSA) is 150 Å². The third-order valence-electron chi connectivity index (χ3n) is 11.0. The molecule has 0 saturated carbocycles. The predicted molar refractivity (Wildman–Crippen MR) is 213 cm³/mol. The third kappa shape index (κ3) is 7.55. The van der Waals surface area contributed by atoms with E-state index in [0.29, 0.717) is 51.6 Å². The van der Waals surface area contributed by atoms with Crippen molar-refractivity contribution in [3.63, 3.8) is 0 Å². The highest BCUT2D eigenvalue weighted by molar-refractivity contribution is 7.89. The SMILES string of the molecule is CCCCN(CC(=O)ON1C(=O)CCC1=O)S(=O)(=O)c1c2c(cc3c(-c4ccccc4C)c4cc(C(C)CC(C)C)c(=N)c(C)c-4oc13)C(C)CC(C)(C)N2. The monoisotopic (exact) mass is 770 g/mol. The molecule has 2 aromatic carbocycles. The maximum Gasteiger partial charge on any atom is 0.348 e. The second-order valence-corrected chi connectivity index (χ2v) is 18.4. The van der Waals surface area contributed by atoms with E-state index in [0.717, 1.165) is 50.5 Å². The predicted octanol–water partition coefficient (Wildman–Crippen LogP) is 8.55. The Morgan fingerprint density at radius 2 is 1.76 bits per heavy atom. The van der Waals surface area contributed by atoms with Crippen LogP contribution in [0.4, 0.5) is 5.69 Å². The number of fused-ring (bicyclic) bond motifs is 3. The summed E-state index contributed by atoms with van der Waals surface area (Å²) in [6.45, 7) is 17.7. The summed E-state index contributed by atoms with van der Waals surface area (Å²) in [6, 6.07) is 12.1. The van der Waals surface area contributed by atoms with Crippen LogP contribution < -0.4 is 10.7 Å². The Morgan fingerprint density at radius 1 is 1.09 bits per heavy atom. The summed E-state index contributed by atoms with van der Waals surface area (Å²) < 4.78 is 38.8. The summed E-state index contributed by atoms with van der Waals surface area (Å²) in [5, 5.41) is 14.3. The highest BCUT2D eigenvalue weighted by atomic mass is 32.2. The van der Waals surface area contributed by atoms with Gasteiger partial charge in [-0.3, -0.25) is 9.59 Å². The molecule has 2 atom stereocenters. The van der Waals surface area contributed by atoms with E-state index in [9.17, 15) is 19.8 Å². The molecule has 3 aliphatic heterocycles. The molecule has 2 unspecified atom stereocenters. The molecule has 2 aromatic rings. The van der Waals surface area contributed by atoms with Gasteiger partial charge in [0.05, 0.1) is 11.0 Å². The van der Waals surface area contributed by atoms with Gasteiger partial charge >= 0.3 is 5.97 Å². The van der Waals surface area contributed by atoms with E-state index < -0.39 is 39.9 Å². The minimum Gasteiger partial charge on any atom is -0.454 e. The zero-order valence-corrected chi connectivity index (χ0v) is 34.3. The van der Waals surface area contributed by atoms with Crippen LogP contribution in [-0.4, -0.2) is 54.2 Å². The summed E-state index contributed by atoms with van der Waals surface area (Å²) in [4.78, 5) is 43.1. The van der Waals surface area contributed by atoms with Crippen molar-refractivity contribution in [1.29, 1.82) is 5.41 Å². The van der Waals surface area contributed by atoms with Crippen molar-refractivity contribution < 1.29 is 32.1 Å². The van der Waals surface area contributed by atoms with Gasteiger partial charge in [0.25, 0.3) is 11.8 Å². The van der Waals surface area contributed by atoms with Gasteiger partial charge in [0, 0.05) is 47.0 Å². The molecule has 11 nitrogen and oxygen atoms in total. The number of amides is 2. The van der Waals surface area contributed by atoms with Gasteiger partial charge in [-0.15, -0.1) is 5.06 Å². The Labute approximate surface area is 324 Å². The summed E-state index contributed by atoms with van der Waals surface area (Å²) in [6.07, 6.45) is 2.53. The van der Waals surface area contributed by atoms with Crippen molar-refractivity contribution in [1.82, 2.24) is 9.37 Å². The van der Waals surface area contributed by atoms with Crippen LogP contribution in [0.1, 0.15) is 121 Å². The lowest BCUT2D eigenvalue weighted by Crippen LogP contribution is -2.42. The lowest BCUT2D eigenvalue weighted by Gasteiger charge is -2.39. The van der Waals surface area contributed by atoms with Crippen molar-refractivity contribution in [2.45, 2.75) is 123 Å². The summed E-state index contributed by atoms with van der Waals surface area (Å²) >= 11 is 0. The van der Waals surface area contributed by atoms with Crippen LogP contribution in [0.25, 0.3) is 33.4 Å². The van der Waals surface area contributed by atoms with E-state index in [2.05, 4.69) is 45.1 Å². The Bertz CT molecular complexity index is 2310. The van der Waals surface area contributed by atoms with Crippen LogP contribution in [0, 0.1) is 25.2 Å². The number of unbranched alkanes of at least 4 members (excludes halogenated alkanes) is 1. The van der Waals surface area contributed by atoms with Gasteiger partial charge in [-0.25, -0.2) is 13.2 Å². The summed E-state index contributed by atoms with van der Waals surface area (Å²) in [7, 11) is -4.57. The molecule has 294 valence electrons. The molecule has 2 amide bonds. The van der Waals surface area contributed by atoms with Crippen LogP contribution in [0.2, 0.25) is 0 Å². The van der Waals surface area contributed by atoms with E-state index >= 15 is 8.42 Å². The van der Waals surface area contributed by atoms with Crippen molar-refractivity contribution in [2.24, 2.45) is 5.92 Å². The van der Waals surface area contributed by atoms with Crippen LogP contribution >= 0.6 is 0 Å². The lowest BCUT2D eigenvalue weighted by atomic mass is 9.80. The average Bonchev–Trinajstić information content (AvgIpc) is 3.41. The first kappa shape index (κ1) is 40.1. The Balaban J connectivity index is 1.70. The van der Waals surface area contributed by atoms with E-state index in [1.165, 1.54) is 0 Å².